The van der Waals surface area contributed by atoms with Gasteiger partial charge in [0.2, 0.25) is 5.88 Å². The van der Waals surface area contributed by atoms with Crippen molar-refractivity contribution < 1.29 is 18.3 Å². The normalized spacial score (nSPS) is 29.0. The van der Waals surface area contributed by atoms with Gasteiger partial charge in [0.1, 0.15) is 36.1 Å². The van der Waals surface area contributed by atoms with Gasteiger partial charge in [-0.3, -0.25) is 4.90 Å². The van der Waals surface area contributed by atoms with E-state index in [1.54, 1.807) is 0 Å². The zero-order chi connectivity index (χ0) is 21.4. The Morgan fingerprint density at radius 3 is 2.84 bits per heavy atom. The molecule has 0 N–H and O–H groups in total. The first-order valence-corrected chi connectivity index (χ1v) is 11.2. The Balaban J connectivity index is 1.42. The van der Waals surface area contributed by atoms with Gasteiger partial charge in [-0.05, 0) is 38.6 Å². The van der Waals surface area contributed by atoms with Crippen LogP contribution in [0.3, 0.4) is 0 Å². The van der Waals surface area contributed by atoms with Gasteiger partial charge >= 0.3 is 6.01 Å². The van der Waals surface area contributed by atoms with Gasteiger partial charge < -0.3 is 14.4 Å². The molecule has 1 aliphatic carbocycles. The molecule has 0 radical (unpaired) electrons. The van der Waals surface area contributed by atoms with E-state index >= 15 is 0 Å². The van der Waals surface area contributed by atoms with Gasteiger partial charge in [0.25, 0.3) is 0 Å². The number of aromatic nitrogens is 3. The summed E-state index contributed by atoms with van der Waals surface area (Å²) in [7, 11) is 1.94. The summed E-state index contributed by atoms with van der Waals surface area (Å²) >= 11 is 6.05. The van der Waals surface area contributed by atoms with Gasteiger partial charge in [-0.25, -0.2) is 8.78 Å². The summed E-state index contributed by atoms with van der Waals surface area (Å²) in [6.07, 6.45) is 4.47. The first kappa shape index (κ1) is 19.7. The van der Waals surface area contributed by atoms with Crippen LogP contribution in [0.15, 0.2) is 0 Å². The molecule has 1 spiro atoms. The smallest absolute Gasteiger partial charge is 0.319 e. The van der Waals surface area contributed by atoms with Crippen molar-refractivity contribution >= 4 is 28.3 Å². The Morgan fingerprint density at radius 2 is 2.06 bits per heavy atom. The molecule has 4 aliphatic rings. The first-order valence-electron chi connectivity index (χ1n) is 10.9. The van der Waals surface area contributed by atoms with Crippen LogP contribution in [0.4, 0.5) is 14.6 Å². The highest BCUT2D eigenvalue weighted by Gasteiger charge is 2.50. The molecule has 166 valence electrons. The van der Waals surface area contributed by atoms with Crippen molar-refractivity contribution in [2.45, 2.75) is 55.8 Å². The monoisotopic (exact) mass is 451 g/mol. The Hall–Kier alpha value is -2.00. The molecule has 3 aliphatic heterocycles. The van der Waals surface area contributed by atoms with E-state index in [0.29, 0.717) is 30.8 Å². The van der Waals surface area contributed by atoms with Gasteiger partial charge in [0, 0.05) is 20.0 Å². The zero-order valence-corrected chi connectivity index (χ0v) is 18.1. The number of fused-ring (bicyclic) bond motifs is 1. The Bertz CT molecular complexity index is 1070. The van der Waals surface area contributed by atoms with Gasteiger partial charge in [-0.2, -0.15) is 15.0 Å². The van der Waals surface area contributed by atoms with Crippen LogP contribution in [0, 0.1) is 5.82 Å². The van der Waals surface area contributed by atoms with Crippen LogP contribution in [-0.2, 0) is 0 Å². The molecule has 5 heterocycles. The fraction of sp³-hybridized carbons (Fsp3) is 0.667. The molecule has 2 aromatic rings. The molecular formula is C21H24ClF2N5O2. The summed E-state index contributed by atoms with van der Waals surface area (Å²) in [6.45, 7) is 2.01. The van der Waals surface area contributed by atoms with Crippen molar-refractivity contribution in [2.75, 3.05) is 38.3 Å². The van der Waals surface area contributed by atoms with E-state index in [1.807, 2.05) is 11.9 Å². The lowest BCUT2D eigenvalue weighted by atomic mass is 9.76. The van der Waals surface area contributed by atoms with Crippen molar-refractivity contribution in [2.24, 2.45) is 0 Å². The highest BCUT2D eigenvalue weighted by atomic mass is 35.5. The molecule has 3 fully saturated rings. The van der Waals surface area contributed by atoms with Gasteiger partial charge in [-0.1, -0.05) is 11.6 Å². The number of likely N-dealkylation sites (N-methyl/N-ethyl adjacent to an activating group) is 1. The number of anilines is 1. The third-order valence-corrected chi connectivity index (χ3v) is 7.94. The Labute approximate surface area is 183 Å². The van der Waals surface area contributed by atoms with E-state index in [0.717, 1.165) is 38.6 Å². The van der Waals surface area contributed by atoms with Crippen molar-refractivity contribution in [3.05, 3.63) is 11.0 Å². The highest BCUT2D eigenvalue weighted by molar-refractivity contribution is 6.30. The number of hydrogen-bond acceptors (Lipinski definition) is 7. The van der Waals surface area contributed by atoms with Crippen LogP contribution in [-0.4, -0.2) is 70.5 Å². The SMILES string of the molecule is CN1c2nc(OC[C@@]34CCCN3C[C@H](F)C4)nc3c(F)c(Cl)nc(c23)OCC12CCC2. The minimum Gasteiger partial charge on any atom is -0.475 e. The lowest BCUT2D eigenvalue weighted by Gasteiger charge is -2.47. The van der Waals surface area contributed by atoms with Crippen LogP contribution < -0.4 is 14.4 Å². The molecule has 0 amide bonds. The Kier molecular flexibility index (Phi) is 4.28. The summed E-state index contributed by atoms with van der Waals surface area (Å²) in [6, 6.07) is 0.0707. The predicted octanol–water partition coefficient (Wildman–Crippen LogP) is 3.52. The van der Waals surface area contributed by atoms with E-state index in [2.05, 4.69) is 19.9 Å². The summed E-state index contributed by atoms with van der Waals surface area (Å²) < 4.78 is 41.1. The van der Waals surface area contributed by atoms with Crippen molar-refractivity contribution in [1.82, 2.24) is 19.9 Å². The number of hydrogen-bond donors (Lipinski definition) is 0. The summed E-state index contributed by atoms with van der Waals surface area (Å²) in [5.41, 5.74) is -0.514. The molecule has 10 heteroatoms. The third kappa shape index (κ3) is 2.81. The molecule has 2 atom stereocenters. The second-order valence-corrected chi connectivity index (χ2v) is 9.72. The highest BCUT2D eigenvalue weighted by Crippen LogP contribution is 2.47. The van der Waals surface area contributed by atoms with Crippen LogP contribution in [0.2, 0.25) is 5.15 Å². The fourth-order valence-corrected chi connectivity index (χ4v) is 5.89. The quantitative estimate of drug-likeness (QED) is 0.661. The molecule has 2 aromatic heterocycles. The average Bonchev–Trinajstić information content (AvgIpc) is 3.19. The molecule has 31 heavy (non-hydrogen) atoms. The number of pyridine rings is 1. The number of halogens is 3. The van der Waals surface area contributed by atoms with E-state index in [4.69, 9.17) is 21.1 Å². The van der Waals surface area contributed by atoms with E-state index < -0.39 is 12.0 Å². The second-order valence-electron chi connectivity index (χ2n) is 9.36. The van der Waals surface area contributed by atoms with Crippen molar-refractivity contribution in [1.29, 1.82) is 0 Å². The van der Waals surface area contributed by atoms with Gasteiger partial charge in [0.05, 0.1) is 11.1 Å². The molecule has 0 unspecified atom stereocenters. The maximum atomic E-state index is 15.0. The zero-order valence-electron chi connectivity index (χ0n) is 17.3. The largest absolute Gasteiger partial charge is 0.475 e. The molecule has 0 bridgehead atoms. The lowest BCUT2D eigenvalue weighted by molar-refractivity contribution is 0.107. The summed E-state index contributed by atoms with van der Waals surface area (Å²) in [5, 5.41) is 0.118. The number of alkyl halides is 1. The third-order valence-electron chi connectivity index (χ3n) is 7.69. The molecule has 6 rings (SSSR count). The van der Waals surface area contributed by atoms with E-state index in [1.165, 1.54) is 0 Å². The molecular weight excluding hydrogens is 428 g/mol. The van der Waals surface area contributed by atoms with Crippen molar-refractivity contribution in [3.63, 3.8) is 0 Å². The second kappa shape index (κ2) is 6.75. The average molecular weight is 452 g/mol. The van der Waals surface area contributed by atoms with E-state index in [9.17, 15) is 8.78 Å². The Morgan fingerprint density at radius 1 is 1.23 bits per heavy atom. The minimum absolute atomic E-state index is 0.0359. The predicted molar refractivity (Wildman–Crippen MR) is 111 cm³/mol. The fourth-order valence-electron chi connectivity index (χ4n) is 5.72. The van der Waals surface area contributed by atoms with Gasteiger partial charge in [-0.15, -0.1) is 0 Å². The maximum absolute atomic E-state index is 15.0. The van der Waals surface area contributed by atoms with Gasteiger partial charge in [0.15, 0.2) is 11.0 Å². The summed E-state index contributed by atoms with van der Waals surface area (Å²) in [4.78, 5) is 17.3. The minimum atomic E-state index is -0.849. The van der Waals surface area contributed by atoms with Crippen molar-refractivity contribution in [3.8, 4) is 11.9 Å². The maximum Gasteiger partial charge on any atom is 0.319 e. The molecule has 2 saturated heterocycles. The number of rotatable bonds is 3. The lowest BCUT2D eigenvalue weighted by Crippen LogP contribution is -2.56. The molecule has 7 nitrogen and oxygen atoms in total. The number of ether oxygens (including phenoxy) is 2. The molecule has 1 saturated carbocycles. The van der Waals surface area contributed by atoms with E-state index in [-0.39, 0.29) is 40.2 Å². The first-order chi connectivity index (χ1) is 14.9. The van der Waals surface area contributed by atoms with Crippen LogP contribution in [0.1, 0.15) is 38.5 Å². The van der Waals surface area contributed by atoms with Crippen LogP contribution in [0.5, 0.6) is 11.9 Å². The van der Waals surface area contributed by atoms with Crippen LogP contribution in [0.25, 0.3) is 10.9 Å². The standard InChI is InChI=1S/C21H24ClF2N5O2/c1-28-17-13-15(14(24)16(22)26-18(13)30-10-20(28)4-2-5-20)25-19(27-17)31-11-21-6-3-7-29(21)9-12(23)8-21/h12H,2-11H2,1H3/t12-,21+/m1/s1. The topological polar surface area (TPSA) is 63.6 Å². The van der Waals surface area contributed by atoms with Crippen LogP contribution >= 0.6 is 11.6 Å². The molecule has 0 aromatic carbocycles. The summed E-state index contributed by atoms with van der Waals surface area (Å²) in [5.74, 6) is 0.0573. The number of nitrogens with zero attached hydrogens (tertiary/aromatic N) is 5.